The quantitative estimate of drug-likeness (QED) is 0.739. The van der Waals surface area contributed by atoms with Crippen LogP contribution in [0.4, 0.5) is 0 Å². The summed E-state index contributed by atoms with van der Waals surface area (Å²) in [7, 11) is 2.11. The van der Waals surface area contributed by atoms with Gasteiger partial charge in [-0.1, -0.05) is 44.2 Å². The molecule has 0 radical (unpaired) electrons. The van der Waals surface area contributed by atoms with Crippen LogP contribution in [0.2, 0.25) is 0 Å². The second kappa shape index (κ2) is 7.52. The molecule has 18 heavy (non-hydrogen) atoms. The topological polar surface area (TPSA) is 35.5 Å². The molecule has 0 aromatic heterocycles. The second-order valence-corrected chi connectivity index (χ2v) is 4.87. The normalized spacial score (nSPS) is 14.7. The molecule has 0 amide bonds. The fraction of sp³-hybridized carbons (Fsp3) is 0.600. The molecular weight excluding hydrogens is 224 g/mol. The first-order valence-corrected chi connectivity index (χ1v) is 6.78. The first-order valence-electron chi connectivity index (χ1n) is 6.78. The zero-order valence-corrected chi connectivity index (χ0v) is 11.8. The summed E-state index contributed by atoms with van der Waals surface area (Å²) in [5.41, 5.74) is 0.789. The highest BCUT2D eigenvalue weighted by Crippen LogP contribution is 2.21. The number of aliphatic hydroxyl groups excluding tert-OH is 1. The molecule has 0 bridgehead atoms. The van der Waals surface area contributed by atoms with Gasteiger partial charge in [0, 0.05) is 6.54 Å². The fourth-order valence-corrected chi connectivity index (χ4v) is 2.46. The highest BCUT2D eigenvalue weighted by Gasteiger charge is 2.31. The van der Waals surface area contributed by atoms with E-state index in [0.29, 0.717) is 0 Å². The van der Waals surface area contributed by atoms with Gasteiger partial charge in [-0.15, -0.1) is 0 Å². The summed E-state index contributed by atoms with van der Waals surface area (Å²) < 4.78 is 0. The van der Waals surface area contributed by atoms with Crippen LogP contribution in [0, 0.1) is 0 Å². The molecule has 1 atom stereocenters. The predicted octanol–water partition coefficient (Wildman–Crippen LogP) is 1.83. The van der Waals surface area contributed by atoms with Crippen molar-refractivity contribution >= 4 is 0 Å². The van der Waals surface area contributed by atoms with Gasteiger partial charge in [-0.05, 0) is 32.1 Å². The minimum atomic E-state index is -0.361. The van der Waals surface area contributed by atoms with Gasteiger partial charge in [0.1, 0.15) is 0 Å². The lowest BCUT2D eigenvalue weighted by Crippen LogP contribution is -2.53. The fourth-order valence-electron chi connectivity index (χ4n) is 2.46. The molecule has 0 fully saturated rings. The number of hydrogen-bond donors (Lipinski definition) is 2. The molecule has 0 heterocycles. The maximum Gasteiger partial charge on any atom is 0.0797 e. The van der Waals surface area contributed by atoms with Gasteiger partial charge in [-0.3, -0.25) is 0 Å². The van der Waals surface area contributed by atoms with Crippen molar-refractivity contribution in [2.24, 2.45) is 0 Å². The molecule has 0 spiro atoms. The Balaban J connectivity index is 2.94. The maximum atomic E-state index is 9.89. The Morgan fingerprint density at radius 1 is 1.22 bits per heavy atom. The first kappa shape index (κ1) is 15.2. The molecule has 1 unspecified atom stereocenters. The lowest BCUT2D eigenvalue weighted by molar-refractivity contribution is 0.119. The smallest absolute Gasteiger partial charge is 0.0797 e. The van der Waals surface area contributed by atoms with Crippen LogP contribution in [-0.4, -0.2) is 43.3 Å². The summed E-state index contributed by atoms with van der Waals surface area (Å²) in [5.74, 6) is 0. The lowest BCUT2D eigenvalue weighted by atomic mass is 9.90. The van der Waals surface area contributed by atoms with Gasteiger partial charge in [-0.2, -0.15) is 0 Å². The van der Waals surface area contributed by atoms with Gasteiger partial charge >= 0.3 is 0 Å². The van der Waals surface area contributed by atoms with Crippen LogP contribution in [0.25, 0.3) is 0 Å². The van der Waals surface area contributed by atoms with Gasteiger partial charge in [0.25, 0.3) is 0 Å². The second-order valence-electron chi connectivity index (χ2n) is 4.87. The van der Waals surface area contributed by atoms with E-state index in [1.54, 1.807) is 0 Å². The average Bonchev–Trinajstić information content (AvgIpc) is 2.39. The molecule has 2 N–H and O–H groups in total. The Hall–Kier alpha value is -0.900. The molecule has 1 aromatic rings. The van der Waals surface area contributed by atoms with Crippen LogP contribution in [-0.2, 0) is 5.54 Å². The Bertz CT molecular complexity index is 329. The van der Waals surface area contributed by atoms with Crippen LogP contribution < -0.4 is 5.32 Å². The van der Waals surface area contributed by atoms with E-state index in [9.17, 15) is 5.11 Å². The van der Waals surface area contributed by atoms with Gasteiger partial charge in [-0.25, -0.2) is 0 Å². The third-order valence-corrected chi connectivity index (χ3v) is 3.26. The van der Waals surface area contributed by atoms with Crippen LogP contribution in [0.15, 0.2) is 30.3 Å². The highest BCUT2D eigenvalue weighted by molar-refractivity contribution is 5.25. The summed E-state index contributed by atoms with van der Waals surface area (Å²) >= 11 is 0. The molecule has 0 saturated carbocycles. The number of aliphatic hydroxyl groups is 1. The largest absolute Gasteiger partial charge is 0.394 e. The Kier molecular flexibility index (Phi) is 6.33. The van der Waals surface area contributed by atoms with E-state index in [-0.39, 0.29) is 12.1 Å². The van der Waals surface area contributed by atoms with E-state index in [4.69, 9.17) is 0 Å². The van der Waals surface area contributed by atoms with Crippen molar-refractivity contribution < 1.29 is 5.11 Å². The minimum absolute atomic E-state index is 0.110. The molecule has 3 heteroatoms. The summed E-state index contributed by atoms with van der Waals surface area (Å²) in [5, 5.41) is 13.3. The third kappa shape index (κ3) is 3.80. The van der Waals surface area contributed by atoms with E-state index >= 15 is 0 Å². The first-order chi connectivity index (χ1) is 8.68. The summed E-state index contributed by atoms with van der Waals surface area (Å²) in [6.07, 6.45) is 1.12. The van der Waals surface area contributed by atoms with E-state index in [1.165, 1.54) is 0 Å². The summed E-state index contributed by atoms with van der Waals surface area (Å²) in [4.78, 5) is 2.27. The SMILES string of the molecule is CCCN(C)CC(CO)(NCC)c1ccccc1. The number of rotatable bonds is 8. The average molecular weight is 250 g/mol. The molecule has 0 saturated heterocycles. The molecule has 0 aliphatic carbocycles. The molecule has 0 aliphatic heterocycles. The molecule has 1 rings (SSSR count). The van der Waals surface area contributed by atoms with E-state index in [2.05, 4.69) is 43.2 Å². The zero-order chi connectivity index (χ0) is 13.4. The van der Waals surface area contributed by atoms with Crippen LogP contribution >= 0.6 is 0 Å². The van der Waals surface area contributed by atoms with Crippen LogP contribution in [0.1, 0.15) is 25.8 Å². The monoisotopic (exact) mass is 250 g/mol. The van der Waals surface area contributed by atoms with E-state index in [0.717, 1.165) is 31.6 Å². The summed E-state index contributed by atoms with van der Waals surface area (Å²) in [6.45, 7) is 7.06. The number of benzene rings is 1. The van der Waals surface area contributed by atoms with Crippen LogP contribution in [0.3, 0.4) is 0 Å². The lowest BCUT2D eigenvalue weighted by Gasteiger charge is -2.37. The van der Waals surface area contributed by atoms with Gasteiger partial charge in [0.2, 0.25) is 0 Å². The van der Waals surface area contributed by atoms with Gasteiger partial charge < -0.3 is 15.3 Å². The molecule has 1 aromatic carbocycles. The predicted molar refractivity (Wildman–Crippen MR) is 76.7 cm³/mol. The van der Waals surface area contributed by atoms with Crippen molar-refractivity contribution in [3.05, 3.63) is 35.9 Å². The van der Waals surface area contributed by atoms with Crippen LogP contribution in [0.5, 0.6) is 0 Å². The van der Waals surface area contributed by atoms with Gasteiger partial charge in [0.05, 0.1) is 12.1 Å². The third-order valence-electron chi connectivity index (χ3n) is 3.26. The van der Waals surface area contributed by atoms with Crippen molar-refractivity contribution in [2.75, 3.05) is 33.3 Å². The van der Waals surface area contributed by atoms with Crippen molar-refractivity contribution in [1.82, 2.24) is 10.2 Å². The Labute approximate surface area is 111 Å². The molecule has 3 nitrogen and oxygen atoms in total. The van der Waals surface area contributed by atoms with Crippen molar-refractivity contribution in [1.29, 1.82) is 0 Å². The standard InChI is InChI=1S/C15H26N2O/c1-4-11-17(3)12-15(13-18,16-5-2)14-9-7-6-8-10-14/h6-10,16,18H,4-5,11-13H2,1-3H3. The maximum absolute atomic E-state index is 9.89. The van der Waals surface area contributed by atoms with E-state index in [1.807, 2.05) is 18.2 Å². The minimum Gasteiger partial charge on any atom is -0.394 e. The Morgan fingerprint density at radius 3 is 2.39 bits per heavy atom. The van der Waals surface area contributed by atoms with E-state index < -0.39 is 0 Å². The Morgan fingerprint density at radius 2 is 1.89 bits per heavy atom. The number of hydrogen-bond acceptors (Lipinski definition) is 3. The summed E-state index contributed by atoms with van der Waals surface area (Å²) in [6, 6.07) is 10.2. The molecular formula is C15H26N2O. The van der Waals surface area contributed by atoms with Crippen molar-refractivity contribution in [2.45, 2.75) is 25.8 Å². The number of nitrogens with one attached hydrogen (secondary N) is 1. The molecule has 0 aliphatic rings. The highest BCUT2D eigenvalue weighted by atomic mass is 16.3. The van der Waals surface area contributed by atoms with Crippen molar-refractivity contribution in [3.63, 3.8) is 0 Å². The molecule has 102 valence electrons. The van der Waals surface area contributed by atoms with Crippen molar-refractivity contribution in [3.8, 4) is 0 Å². The number of nitrogens with zero attached hydrogens (tertiary/aromatic N) is 1. The zero-order valence-electron chi connectivity index (χ0n) is 11.8. The van der Waals surface area contributed by atoms with Gasteiger partial charge in [0.15, 0.2) is 0 Å². The number of likely N-dealkylation sites (N-methyl/N-ethyl adjacent to an activating group) is 2.